The van der Waals surface area contributed by atoms with Crippen LogP contribution in [0.2, 0.25) is 0 Å². The maximum atomic E-state index is 12.5. The number of rotatable bonds is 1. The number of nitriles is 1. The zero-order valence-electron chi connectivity index (χ0n) is 10.7. The summed E-state index contributed by atoms with van der Waals surface area (Å²) in [7, 11) is 0. The van der Waals surface area contributed by atoms with E-state index in [4.69, 9.17) is 5.26 Å². The lowest BCUT2D eigenvalue weighted by Gasteiger charge is -2.33. The van der Waals surface area contributed by atoms with Gasteiger partial charge in [-0.2, -0.15) is 18.4 Å². The molecule has 6 heteroatoms. The van der Waals surface area contributed by atoms with Crippen LogP contribution < -0.4 is 0 Å². The van der Waals surface area contributed by atoms with Gasteiger partial charge < -0.3 is 4.90 Å². The van der Waals surface area contributed by atoms with Crippen molar-refractivity contribution in [3.63, 3.8) is 0 Å². The van der Waals surface area contributed by atoms with E-state index in [1.54, 1.807) is 24.3 Å². The van der Waals surface area contributed by atoms with Crippen molar-refractivity contribution in [2.45, 2.75) is 24.9 Å². The van der Waals surface area contributed by atoms with Crippen molar-refractivity contribution in [1.82, 2.24) is 4.90 Å². The average Bonchev–Trinajstić information content (AvgIpc) is 2.45. The fourth-order valence-electron chi connectivity index (χ4n) is 2.55. The Labute approximate surface area is 114 Å². The van der Waals surface area contributed by atoms with E-state index >= 15 is 0 Å². The fraction of sp³-hybridized carbons (Fsp3) is 0.429. The number of benzene rings is 1. The summed E-state index contributed by atoms with van der Waals surface area (Å²) in [6.45, 7) is 0.126. The molecule has 1 aromatic carbocycles. The molecule has 0 spiro atoms. The lowest BCUT2D eigenvalue weighted by Crippen LogP contribution is -2.45. The fourth-order valence-corrected chi connectivity index (χ4v) is 2.55. The number of halogens is 3. The van der Waals surface area contributed by atoms with E-state index in [1.807, 2.05) is 6.07 Å². The largest absolute Gasteiger partial charge is 0.471 e. The van der Waals surface area contributed by atoms with Crippen LogP contribution >= 0.6 is 0 Å². The number of amides is 1. The van der Waals surface area contributed by atoms with E-state index in [0.717, 1.165) is 10.5 Å². The zero-order valence-corrected chi connectivity index (χ0v) is 10.7. The van der Waals surface area contributed by atoms with E-state index < -0.39 is 12.1 Å². The van der Waals surface area contributed by atoms with Crippen molar-refractivity contribution in [3.05, 3.63) is 35.4 Å². The smallest absolute Gasteiger partial charge is 0.334 e. The van der Waals surface area contributed by atoms with Crippen molar-refractivity contribution < 1.29 is 18.0 Å². The molecule has 0 saturated carbocycles. The lowest BCUT2D eigenvalue weighted by molar-refractivity contribution is -0.186. The van der Waals surface area contributed by atoms with Crippen LogP contribution in [0.5, 0.6) is 0 Å². The monoisotopic (exact) mass is 282 g/mol. The van der Waals surface area contributed by atoms with Crippen LogP contribution in [-0.2, 0) is 4.79 Å². The van der Waals surface area contributed by atoms with E-state index in [2.05, 4.69) is 0 Å². The first-order valence-electron chi connectivity index (χ1n) is 6.28. The number of carbonyl (C=O) groups is 1. The van der Waals surface area contributed by atoms with Crippen LogP contribution in [0.4, 0.5) is 13.2 Å². The minimum Gasteiger partial charge on any atom is -0.334 e. The van der Waals surface area contributed by atoms with Crippen LogP contribution in [-0.4, -0.2) is 30.1 Å². The van der Waals surface area contributed by atoms with Crippen molar-refractivity contribution in [1.29, 1.82) is 5.26 Å². The summed E-state index contributed by atoms with van der Waals surface area (Å²) in [5, 5.41) is 9.04. The maximum Gasteiger partial charge on any atom is 0.471 e. The second kappa shape index (κ2) is 5.53. The Morgan fingerprint density at radius 2 is 2.05 bits per heavy atom. The van der Waals surface area contributed by atoms with Crippen molar-refractivity contribution >= 4 is 5.91 Å². The summed E-state index contributed by atoms with van der Waals surface area (Å²) in [6.07, 6.45) is -3.65. The summed E-state index contributed by atoms with van der Waals surface area (Å²) in [6, 6.07) is 8.88. The first-order valence-corrected chi connectivity index (χ1v) is 6.28. The highest BCUT2D eigenvalue weighted by Gasteiger charge is 2.43. The third kappa shape index (κ3) is 2.93. The third-order valence-corrected chi connectivity index (χ3v) is 3.47. The van der Waals surface area contributed by atoms with Gasteiger partial charge in [-0.15, -0.1) is 0 Å². The predicted octanol–water partition coefficient (Wildman–Crippen LogP) is 2.83. The normalized spacial score (nSPS) is 19.5. The van der Waals surface area contributed by atoms with Crippen molar-refractivity contribution in [2.24, 2.45) is 0 Å². The molecule has 106 valence electrons. The molecule has 1 fully saturated rings. The number of alkyl halides is 3. The number of likely N-dealkylation sites (tertiary alicyclic amines) is 1. The molecule has 1 aromatic rings. The molecular formula is C14H13F3N2O. The van der Waals surface area contributed by atoms with E-state index in [1.165, 1.54) is 0 Å². The number of nitrogens with zero attached hydrogens (tertiary/aromatic N) is 2. The topological polar surface area (TPSA) is 44.1 Å². The molecule has 1 atom stereocenters. The van der Waals surface area contributed by atoms with Gasteiger partial charge in [-0.1, -0.05) is 18.2 Å². The molecule has 3 nitrogen and oxygen atoms in total. The van der Waals surface area contributed by atoms with Crippen molar-refractivity contribution in [2.75, 3.05) is 13.1 Å². The minimum absolute atomic E-state index is 0.0109. The highest BCUT2D eigenvalue weighted by atomic mass is 19.4. The summed E-state index contributed by atoms with van der Waals surface area (Å²) >= 11 is 0. The highest BCUT2D eigenvalue weighted by molar-refractivity contribution is 5.82. The molecule has 0 bridgehead atoms. The Balaban J connectivity index is 2.19. The summed E-state index contributed by atoms with van der Waals surface area (Å²) < 4.78 is 37.4. The van der Waals surface area contributed by atoms with Gasteiger partial charge in [0.15, 0.2) is 0 Å². The predicted molar refractivity (Wildman–Crippen MR) is 65.8 cm³/mol. The average molecular weight is 282 g/mol. The first kappa shape index (κ1) is 14.4. The van der Waals surface area contributed by atoms with E-state index in [9.17, 15) is 18.0 Å². The van der Waals surface area contributed by atoms with Crippen LogP contribution in [0.15, 0.2) is 24.3 Å². The van der Waals surface area contributed by atoms with Gasteiger partial charge in [-0.3, -0.25) is 4.79 Å². The second-order valence-electron chi connectivity index (χ2n) is 4.79. The van der Waals surface area contributed by atoms with Gasteiger partial charge in [0.25, 0.3) is 0 Å². The van der Waals surface area contributed by atoms with Crippen LogP contribution in [0.1, 0.15) is 29.9 Å². The lowest BCUT2D eigenvalue weighted by atomic mass is 9.88. The molecule has 20 heavy (non-hydrogen) atoms. The zero-order chi connectivity index (χ0) is 14.8. The molecule has 0 unspecified atom stereocenters. The number of hydrogen-bond donors (Lipinski definition) is 0. The molecule has 2 rings (SSSR count). The molecule has 0 aromatic heterocycles. The van der Waals surface area contributed by atoms with Gasteiger partial charge in [0.05, 0.1) is 11.6 Å². The molecule has 0 aliphatic carbocycles. The van der Waals surface area contributed by atoms with E-state index in [-0.39, 0.29) is 19.0 Å². The van der Waals surface area contributed by atoms with Crippen molar-refractivity contribution in [3.8, 4) is 6.07 Å². The van der Waals surface area contributed by atoms with Crippen LogP contribution in [0, 0.1) is 11.3 Å². The number of carbonyl (C=O) groups excluding carboxylic acids is 1. The molecular weight excluding hydrogens is 269 g/mol. The molecule has 1 heterocycles. The quantitative estimate of drug-likeness (QED) is 0.795. The van der Waals surface area contributed by atoms with Crippen LogP contribution in [0.25, 0.3) is 0 Å². The Morgan fingerprint density at radius 1 is 1.35 bits per heavy atom. The SMILES string of the molecule is N#Cc1ccccc1[C@@H]1CCCN(C(=O)C(F)(F)F)C1. The van der Waals surface area contributed by atoms with Gasteiger partial charge in [0.1, 0.15) is 0 Å². The Morgan fingerprint density at radius 3 is 2.70 bits per heavy atom. The Hall–Kier alpha value is -2.03. The van der Waals surface area contributed by atoms with Gasteiger partial charge in [-0.25, -0.2) is 0 Å². The number of hydrogen-bond acceptors (Lipinski definition) is 2. The first-order chi connectivity index (χ1) is 9.43. The highest BCUT2D eigenvalue weighted by Crippen LogP contribution is 2.31. The maximum absolute atomic E-state index is 12.5. The molecule has 1 saturated heterocycles. The standard InChI is InChI=1S/C14H13F3N2O/c15-14(16,17)13(20)19-7-3-5-11(9-19)12-6-2-1-4-10(12)8-18/h1-2,4,6,11H,3,5,7,9H2/t11-/m1/s1. The minimum atomic E-state index is -4.84. The van der Waals surface area contributed by atoms with Crippen LogP contribution in [0.3, 0.4) is 0 Å². The molecule has 1 aliphatic heterocycles. The molecule has 1 aliphatic rings. The Bertz CT molecular complexity index is 548. The second-order valence-corrected chi connectivity index (χ2v) is 4.79. The molecule has 0 N–H and O–H groups in total. The molecule has 1 amide bonds. The van der Waals surface area contributed by atoms with Gasteiger partial charge in [0.2, 0.25) is 0 Å². The molecule has 0 radical (unpaired) electrons. The van der Waals surface area contributed by atoms with Gasteiger partial charge in [-0.05, 0) is 24.5 Å². The Kier molecular flexibility index (Phi) is 3.98. The third-order valence-electron chi connectivity index (χ3n) is 3.47. The van der Waals surface area contributed by atoms with E-state index in [0.29, 0.717) is 18.4 Å². The van der Waals surface area contributed by atoms with Gasteiger partial charge in [0, 0.05) is 19.0 Å². The van der Waals surface area contributed by atoms with Gasteiger partial charge >= 0.3 is 12.1 Å². The summed E-state index contributed by atoms with van der Waals surface area (Å²) in [5.41, 5.74) is 1.17. The number of piperidine rings is 1. The summed E-state index contributed by atoms with van der Waals surface area (Å²) in [4.78, 5) is 12.1. The summed E-state index contributed by atoms with van der Waals surface area (Å²) in [5.74, 6) is -2.01.